The van der Waals surface area contributed by atoms with Gasteiger partial charge in [-0.05, 0) is 20.3 Å². The number of hydrogen-bond acceptors (Lipinski definition) is 5. The summed E-state index contributed by atoms with van der Waals surface area (Å²) in [5.74, 6) is 3.03. The van der Waals surface area contributed by atoms with E-state index in [2.05, 4.69) is 36.0 Å². The summed E-state index contributed by atoms with van der Waals surface area (Å²) in [4.78, 5) is 11.5. The van der Waals surface area contributed by atoms with Gasteiger partial charge in [-0.25, -0.2) is 9.97 Å². The van der Waals surface area contributed by atoms with Crippen LogP contribution in [-0.2, 0) is 0 Å². The summed E-state index contributed by atoms with van der Waals surface area (Å²) < 4.78 is 0. The molecule has 1 aliphatic rings. The highest BCUT2D eigenvalue weighted by atomic mass is 16.3. The maximum Gasteiger partial charge on any atom is 0.137 e. The van der Waals surface area contributed by atoms with Gasteiger partial charge >= 0.3 is 0 Å². The van der Waals surface area contributed by atoms with E-state index < -0.39 is 0 Å². The summed E-state index contributed by atoms with van der Waals surface area (Å²) in [6.45, 7) is 10.7. The molecule has 2 rings (SSSR count). The van der Waals surface area contributed by atoms with Crippen LogP contribution in [0.5, 0.6) is 0 Å². The van der Waals surface area contributed by atoms with Gasteiger partial charge in [-0.2, -0.15) is 0 Å². The molecule has 1 aromatic heterocycles. The third-order valence-electron chi connectivity index (χ3n) is 3.46. The van der Waals surface area contributed by atoms with Gasteiger partial charge in [0.1, 0.15) is 17.5 Å². The number of aliphatic hydroxyl groups is 1. The molecule has 0 amide bonds. The van der Waals surface area contributed by atoms with E-state index in [4.69, 9.17) is 4.98 Å². The topological polar surface area (TPSA) is 61.3 Å². The molecule has 19 heavy (non-hydrogen) atoms. The summed E-state index contributed by atoms with van der Waals surface area (Å²) >= 11 is 0. The maximum absolute atomic E-state index is 9.70. The fourth-order valence-electron chi connectivity index (χ4n) is 2.36. The number of rotatable bonds is 4. The first kappa shape index (κ1) is 14.1. The molecule has 1 fully saturated rings. The van der Waals surface area contributed by atoms with Crippen molar-refractivity contribution in [1.29, 1.82) is 0 Å². The molecule has 1 unspecified atom stereocenters. The summed E-state index contributed by atoms with van der Waals surface area (Å²) in [6.07, 6.45) is 0.580. The van der Waals surface area contributed by atoms with Gasteiger partial charge in [-0.3, -0.25) is 0 Å². The predicted octanol–water partition coefficient (Wildman–Crippen LogP) is 1.91. The van der Waals surface area contributed by atoms with Crippen molar-refractivity contribution in [3.63, 3.8) is 0 Å². The van der Waals surface area contributed by atoms with Crippen molar-refractivity contribution in [2.24, 2.45) is 0 Å². The number of aliphatic hydroxyl groups excluding tert-OH is 1. The Morgan fingerprint density at radius 3 is 2.68 bits per heavy atom. The molecule has 0 saturated carbocycles. The molecule has 0 aromatic carbocycles. The Hall–Kier alpha value is -1.36. The highest BCUT2D eigenvalue weighted by Crippen LogP contribution is 2.28. The zero-order valence-electron chi connectivity index (χ0n) is 12.3. The van der Waals surface area contributed by atoms with Crippen LogP contribution in [0, 0.1) is 6.92 Å². The van der Waals surface area contributed by atoms with Gasteiger partial charge in [0, 0.05) is 31.1 Å². The van der Waals surface area contributed by atoms with E-state index in [1.807, 2.05) is 6.92 Å². The SMILES string of the molecule is CCNc1nc(C(C)C)nc(N2CCC(O)C2)c1C. The zero-order valence-corrected chi connectivity index (χ0v) is 12.3. The highest BCUT2D eigenvalue weighted by Gasteiger charge is 2.25. The van der Waals surface area contributed by atoms with Crippen LogP contribution in [0.3, 0.4) is 0 Å². The molecular weight excluding hydrogens is 240 g/mol. The first-order chi connectivity index (χ1) is 9.02. The third-order valence-corrected chi connectivity index (χ3v) is 3.46. The molecule has 0 bridgehead atoms. The van der Waals surface area contributed by atoms with Crippen LogP contribution in [-0.4, -0.2) is 40.8 Å². The molecule has 5 nitrogen and oxygen atoms in total. The highest BCUT2D eigenvalue weighted by molar-refractivity contribution is 5.59. The second kappa shape index (κ2) is 5.74. The smallest absolute Gasteiger partial charge is 0.137 e. The molecular formula is C14H24N4O. The Morgan fingerprint density at radius 2 is 2.16 bits per heavy atom. The fourth-order valence-corrected chi connectivity index (χ4v) is 2.36. The first-order valence-electron chi connectivity index (χ1n) is 7.08. The molecule has 0 aliphatic carbocycles. The minimum absolute atomic E-state index is 0.237. The predicted molar refractivity (Wildman–Crippen MR) is 77.9 cm³/mol. The monoisotopic (exact) mass is 264 g/mol. The molecule has 0 radical (unpaired) electrons. The lowest BCUT2D eigenvalue weighted by atomic mass is 10.2. The van der Waals surface area contributed by atoms with Crippen molar-refractivity contribution in [1.82, 2.24) is 9.97 Å². The molecule has 2 N–H and O–H groups in total. The second-order valence-electron chi connectivity index (χ2n) is 5.45. The number of anilines is 2. The average molecular weight is 264 g/mol. The quantitative estimate of drug-likeness (QED) is 0.870. The van der Waals surface area contributed by atoms with E-state index >= 15 is 0 Å². The Labute approximate surface area is 115 Å². The number of β-amino-alcohol motifs (C(OH)–C–C–N with tert-alkyl or cyclic N) is 1. The molecule has 1 atom stereocenters. The van der Waals surface area contributed by atoms with Crippen molar-refractivity contribution in [3.05, 3.63) is 11.4 Å². The van der Waals surface area contributed by atoms with Crippen LogP contribution in [0.1, 0.15) is 44.5 Å². The van der Waals surface area contributed by atoms with Crippen molar-refractivity contribution in [2.45, 2.75) is 46.1 Å². The zero-order chi connectivity index (χ0) is 14.0. The van der Waals surface area contributed by atoms with Gasteiger partial charge in [0.25, 0.3) is 0 Å². The van der Waals surface area contributed by atoms with E-state index in [0.29, 0.717) is 12.5 Å². The molecule has 1 saturated heterocycles. The van der Waals surface area contributed by atoms with Crippen LogP contribution in [0.4, 0.5) is 11.6 Å². The van der Waals surface area contributed by atoms with Crippen LogP contribution in [0.25, 0.3) is 0 Å². The Morgan fingerprint density at radius 1 is 1.42 bits per heavy atom. The number of nitrogens with zero attached hydrogens (tertiary/aromatic N) is 3. The summed E-state index contributed by atoms with van der Waals surface area (Å²) in [6, 6.07) is 0. The normalized spacial score (nSPS) is 19.3. The number of aromatic nitrogens is 2. The maximum atomic E-state index is 9.70. The second-order valence-corrected chi connectivity index (χ2v) is 5.45. The lowest BCUT2D eigenvalue weighted by molar-refractivity contribution is 0.198. The van der Waals surface area contributed by atoms with Crippen LogP contribution >= 0.6 is 0 Å². The molecule has 0 spiro atoms. The van der Waals surface area contributed by atoms with Gasteiger partial charge in [0.05, 0.1) is 6.10 Å². The van der Waals surface area contributed by atoms with Crippen molar-refractivity contribution in [3.8, 4) is 0 Å². The van der Waals surface area contributed by atoms with Crippen LogP contribution < -0.4 is 10.2 Å². The van der Waals surface area contributed by atoms with E-state index in [1.165, 1.54) is 0 Å². The number of nitrogens with one attached hydrogen (secondary N) is 1. The molecule has 1 aromatic rings. The minimum atomic E-state index is -0.237. The third kappa shape index (κ3) is 2.97. The fraction of sp³-hybridized carbons (Fsp3) is 0.714. The van der Waals surface area contributed by atoms with Crippen LogP contribution in [0.2, 0.25) is 0 Å². The minimum Gasteiger partial charge on any atom is -0.391 e. The van der Waals surface area contributed by atoms with Crippen LogP contribution in [0.15, 0.2) is 0 Å². The summed E-state index contributed by atoms with van der Waals surface area (Å²) in [5.41, 5.74) is 1.07. The van der Waals surface area contributed by atoms with Gasteiger partial charge < -0.3 is 15.3 Å². The van der Waals surface area contributed by atoms with E-state index in [1.54, 1.807) is 0 Å². The molecule has 1 aliphatic heterocycles. The lowest BCUT2D eigenvalue weighted by Crippen LogP contribution is -2.24. The van der Waals surface area contributed by atoms with E-state index in [0.717, 1.165) is 42.5 Å². The number of hydrogen-bond donors (Lipinski definition) is 2. The lowest BCUT2D eigenvalue weighted by Gasteiger charge is -2.22. The van der Waals surface area contributed by atoms with Gasteiger partial charge in [0.2, 0.25) is 0 Å². The summed E-state index contributed by atoms with van der Waals surface area (Å²) in [5, 5.41) is 13.0. The summed E-state index contributed by atoms with van der Waals surface area (Å²) in [7, 11) is 0. The van der Waals surface area contributed by atoms with Crippen molar-refractivity contribution >= 4 is 11.6 Å². The van der Waals surface area contributed by atoms with Gasteiger partial charge in [0.15, 0.2) is 0 Å². The van der Waals surface area contributed by atoms with Gasteiger partial charge in [-0.1, -0.05) is 13.8 Å². The van der Waals surface area contributed by atoms with Gasteiger partial charge in [-0.15, -0.1) is 0 Å². The Kier molecular flexibility index (Phi) is 4.24. The molecule has 2 heterocycles. The van der Waals surface area contributed by atoms with Crippen molar-refractivity contribution < 1.29 is 5.11 Å². The van der Waals surface area contributed by atoms with E-state index in [-0.39, 0.29) is 6.10 Å². The standard InChI is InChI=1S/C14H24N4O/c1-5-15-13-10(4)14(17-12(16-13)9(2)3)18-7-6-11(19)8-18/h9,11,19H,5-8H2,1-4H3,(H,15,16,17). The molecule has 106 valence electrons. The van der Waals surface area contributed by atoms with Crippen molar-refractivity contribution in [2.75, 3.05) is 29.9 Å². The average Bonchev–Trinajstić information content (AvgIpc) is 2.78. The molecule has 5 heteroatoms. The Balaban J connectivity index is 2.40. The first-order valence-corrected chi connectivity index (χ1v) is 7.08. The van der Waals surface area contributed by atoms with E-state index in [9.17, 15) is 5.11 Å². The Bertz CT molecular complexity index is 447. The largest absolute Gasteiger partial charge is 0.391 e.